The molecule has 0 saturated heterocycles. The Balaban J connectivity index is 1.84. The second-order valence-corrected chi connectivity index (χ2v) is 6.72. The Bertz CT molecular complexity index is 995. The molecular weight excluding hydrogens is 435 g/mol. The highest BCUT2D eigenvalue weighted by atomic mass is 19.4. The van der Waals surface area contributed by atoms with Crippen LogP contribution < -0.4 is 15.4 Å². The molecule has 1 aliphatic heterocycles. The predicted octanol–water partition coefficient (Wildman–Crippen LogP) is 3.39. The predicted molar refractivity (Wildman–Crippen MR) is 95.4 cm³/mol. The van der Waals surface area contributed by atoms with Crippen LogP contribution >= 0.6 is 0 Å². The summed E-state index contributed by atoms with van der Waals surface area (Å²) in [4.78, 5) is 26.5. The molecule has 0 unspecified atom stereocenters. The van der Waals surface area contributed by atoms with Crippen LogP contribution in [0.5, 0.6) is 5.75 Å². The minimum atomic E-state index is -4.68. The Kier molecular flexibility index (Phi) is 5.94. The second-order valence-electron chi connectivity index (χ2n) is 6.72. The van der Waals surface area contributed by atoms with Crippen molar-refractivity contribution in [2.24, 2.45) is 0 Å². The number of amides is 1. The number of aromatic nitrogens is 3. The van der Waals surface area contributed by atoms with Gasteiger partial charge in [-0.3, -0.25) is 14.9 Å². The van der Waals surface area contributed by atoms with E-state index in [1.165, 1.54) is 0 Å². The van der Waals surface area contributed by atoms with Crippen LogP contribution in [0.25, 0.3) is 0 Å². The van der Waals surface area contributed by atoms with Gasteiger partial charge in [-0.05, 0) is 13.3 Å². The van der Waals surface area contributed by atoms with Crippen LogP contribution in [0.4, 0.5) is 39.3 Å². The number of carbonyl (C=O) groups is 1. The fourth-order valence-corrected chi connectivity index (χ4v) is 2.90. The van der Waals surface area contributed by atoms with E-state index in [0.29, 0.717) is 0 Å². The molecule has 1 aromatic carbocycles. The molecule has 2 aromatic rings. The van der Waals surface area contributed by atoms with E-state index in [0.717, 1.165) is 22.9 Å². The van der Waals surface area contributed by atoms with Crippen LogP contribution in [-0.4, -0.2) is 50.8 Å². The molecule has 168 valence electrons. The van der Waals surface area contributed by atoms with Crippen molar-refractivity contribution in [2.75, 3.05) is 17.2 Å². The number of halogens is 5. The molecule has 1 amide bonds. The molecule has 15 heteroatoms. The van der Waals surface area contributed by atoms with Gasteiger partial charge in [0.15, 0.2) is 6.61 Å². The number of hydrogen-bond acceptors (Lipinski definition) is 7. The van der Waals surface area contributed by atoms with Crippen LogP contribution in [0.3, 0.4) is 0 Å². The standard InChI is InChI=1S/C16H15F5N6O4/c1-7-2-11(12(17)18)26-15(22-7)24-13(25-26)14(28)23-8-3-9(27(29)30)5-10(4-8)31-6-16(19,20)21/h3-5,7,11-12H,2,6H2,1H3,(H,23,28)(H,22,24,25)/t7-,11+/m1/s1. The fraction of sp³-hybridized carbons (Fsp3) is 0.438. The molecule has 0 spiro atoms. The Labute approximate surface area is 170 Å². The average Bonchev–Trinajstić information content (AvgIpc) is 3.08. The molecular formula is C16H15F5N6O4. The lowest BCUT2D eigenvalue weighted by molar-refractivity contribution is -0.384. The van der Waals surface area contributed by atoms with Crippen LogP contribution in [0.15, 0.2) is 18.2 Å². The first-order chi connectivity index (χ1) is 14.4. The van der Waals surface area contributed by atoms with E-state index in [2.05, 4.69) is 25.5 Å². The first kappa shape index (κ1) is 22.2. The molecule has 3 rings (SSSR count). The molecule has 0 fully saturated rings. The van der Waals surface area contributed by atoms with E-state index in [1.54, 1.807) is 6.92 Å². The largest absolute Gasteiger partial charge is 0.484 e. The van der Waals surface area contributed by atoms with Crippen LogP contribution in [0.2, 0.25) is 0 Å². The molecule has 2 atom stereocenters. The molecule has 1 aromatic heterocycles. The minimum absolute atomic E-state index is 0.0415. The van der Waals surface area contributed by atoms with Gasteiger partial charge in [-0.25, -0.2) is 13.5 Å². The third kappa shape index (κ3) is 5.35. The highest BCUT2D eigenvalue weighted by Gasteiger charge is 2.34. The second kappa shape index (κ2) is 8.31. The van der Waals surface area contributed by atoms with E-state index < -0.39 is 53.3 Å². The van der Waals surface area contributed by atoms with Crippen LogP contribution in [-0.2, 0) is 0 Å². The van der Waals surface area contributed by atoms with Gasteiger partial charge in [0.25, 0.3) is 18.0 Å². The molecule has 2 N–H and O–H groups in total. The third-order valence-electron chi connectivity index (χ3n) is 4.17. The first-order valence-corrected chi connectivity index (χ1v) is 8.74. The number of carbonyl (C=O) groups excluding carboxylic acids is 1. The Morgan fingerprint density at radius 3 is 2.74 bits per heavy atom. The number of nitro groups is 1. The van der Waals surface area contributed by atoms with Gasteiger partial charge in [0.2, 0.25) is 11.8 Å². The van der Waals surface area contributed by atoms with Crippen LogP contribution in [0, 0.1) is 10.1 Å². The van der Waals surface area contributed by atoms with E-state index >= 15 is 0 Å². The van der Waals surface area contributed by atoms with Crippen molar-refractivity contribution in [2.45, 2.75) is 38.0 Å². The van der Waals surface area contributed by atoms with Gasteiger partial charge in [0.05, 0.1) is 16.7 Å². The smallest absolute Gasteiger partial charge is 0.422 e. The Morgan fingerprint density at radius 2 is 2.13 bits per heavy atom. The van der Waals surface area contributed by atoms with Crippen molar-refractivity contribution in [3.8, 4) is 5.75 Å². The van der Waals surface area contributed by atoms with Crippen molar-refractivity contribution in [3.63, 3.8) is 0 Å². The number of hydrogen-bond donors (Lipinski definition) is 2. The summed E-state index contributed by atoms with van der Waals surface area (Å²) in [5.74, 6) is -2.08. The van der Waals surface area contributed by atoms with E-state index in [4.69, 9.17) is 0 Å². The van der Waals surface area contributed by atoms with Gasteiger partial charge < -0.3 is 15.4 Å². The summed E-state index contributed by atoms with van der Waals surface area (Å²) in [6.45, 7) is -0.0470. The van der Waals surface area contributed by atoms with E-state index in [-0.39, 0.29) is 24.1 Å². The summed E-state index contributed by atoms with van der Waals surface area (Å²) in [7, 11) is 0. The zero-order valence-corrected chi connectivity index (χ0v) is 15.7. The van der Waals surface area contributed by atoms with Crippen molar-refractivity contribution in [3.05, 3.63) is 34.1 Å². The number of benzene rings is 1. The van der Waals surface area contributed by atoms with Crippen molar-refractivity contribution in [1.82, 2.24) is 14.8 Å². The first-order valence-electron chi connectivity index (χ1n) is 8.74. The average molecular weight is 450 g/mol. The summed E-state index contributed by atoms with van der Waals surface area (Å²) in [6, 6.07) is 0.927. The molecule has 0 radical (unpaired) electrons. The maximum Gasteiger partial charge on any atom is 0.422 e. The lowest BCUT2D eigenvalue weighted by Gasteiger charge is -2.28. The van der Waals surface area contributed by atoms with Gasteiger partial charge in [-0.2, -0.15) is 18.2 Å². The number of alkyl halides is 5. The van der Waals surface area contributed by atoms with E-state index in [1.807, 2.05) is 0 Å². The number of fused-ring (bicyclic) bond motifs is 1. The van der Waals surface area contributed by atoms with Gasteiger partial charge in [-0.15, -0.1) is 5.10 Å². The maximum atomic E-state index is 13.3. The normalized spacial score (nSPS) is 18.3. The zero-order chi connectivity index (χ0) is 22.9. The lowest BCUT2D eigenvalue weighted by atomic mass is 10.1. The van der Waals surface area contributed by atoms with Gasteiger partial charge in [0, 0.05) is 18.2 Å². The fourth-order valence-electron chi connectivity index (χ4n) is 2.90. The maximum absolute atomic E-state index is 13.3. The van der Waals surface area contributed by atoms with E-state index in [9.17, 15) is 36.9 Å². The number of non-ortho nitro benzene ring substituents is 1. The molecule has 0 saturated carbocycles. The van der Waals surface area contributed by atoms with Crippen molar-refractivity contribution < 1.29 is 36.4 Å². The number of rotatable bonds is 6. The molecule has 0 bridgehead atoms. The summed E-state index contributed by atoms with van der Waals surface area (Å²) in [5.41, 5.74) is -0.906. The molecule has 31 heavy (non-hydrogen) atoms. The molecule has 10 nitrogen and oxygen atoms in total. The van der Waals surface area contributed by atoms with Crippen LogP contribution in [0.1, 0.15) is 30.0 Å². The molecule has 1 aliphatic rings. The summed E-state index contributed by atoms with van der Waals surface area (Å²) < 4.78 is 69.0. The third-order valence-corrected chi connectivity index (χ3v) is 4.17. The quantitative estimate of drug-likeness (QED) is 0.393. The number of anilines is 2. The highest BCUT2D eigenvalue weighted by Crippen LogP contribution is 2.31. The van der Waals surface area contributed by atoms with Gasteiger partial charge in [0.1, 0.15) is 11.8 Å². The monoisotopic (exact) mass is 450 g/mol. The summed E-state index contributed by atoms with van der Waals surface area (Å²) >= 11 is 0. The number of nitro benzene ring substituents is 1. The number of ether oxygens (including phenoxy) is 1. The van der Waals surface area contributed by atoms with Gasteiger partial charge >= 0.3 is 6.18 Å². The number of nitrogens with zero attached hydrogens (tertiary/aromatic N) is 4. The summed E-state index contributed by atoms with van der Waals surface area (Å²) in [5, 5.41) is 19.8. The van der Waals surface area contributed by atoms with Crippen molar-refractivity contribution >= 4 is 23.2 Å². The van der Waals surface area contributed by atoms with Gasteiger partial charge in [-0.1, -0.05) is 0 Å². The summed E-state index contributed by atoms with van der Waals surface area (Å²) in [6.07, 6.45) is -7.40. The zero-order valence-electron chi connectivity index (χ0n) is 15.7. The Hall–Kier alpha value is -3.52. The topological polar surface area (TPSA) is 124 Å². The minimum Gasteiger partial charge on any atom is -0.484 e. The molecule has 0 aliphatic carbocycles. The lowest BCUT2D eigenvalue weighted by Crippen LogP contribution is -2.33. The SMILES string of the molecule is C[C@@H]1C[C@@H](C(F)F)n2nc(C(=O)Nc3cc(OCC(F)(F)F)cc([N+](=O)[O-])c3)nc2N1. The highest BCUT2D eigenvalue weighted by molar-refractivity contribution is 6.02. The Morgan fingerprint density at radius 1 is 1.42 bits per heavy atom. The molecule has 2 heterocycles. The number of nitrogens with one attached hydrogen (secondary N) is 2. The van der Waals surface area contributed by atoms with Crippen molar-refractivity contribution in [1.29, 1.82) is 0 Å².